The summed E-state index contributed by atoms with van der Waals surface area (Å²) in [4.78, 5) is 18.4. The van der Waals surface area contributed by atoms with Gasteiger partial charge in [-0.25, -0.2) is 0 Å². The van der Waals surface area contributed by atoms with Gasteiger partial charge in [0.15, 0.2) is 0 Å². The molecule has 5 rings (SSSR count). The number of hydrogen-bond donors (Lipinski definition) is 1. The van der Waals surface area contributed by atoms with Crippen LogP contribution in [0.1, 0.15) is 5.56 Å². The summed E-state index contributed by atoms with van der Waals surface area (Å²) in [5.41, 5.74) is 3.28. The number of fused-ring (bicyclic) bond motifs is 3. The number of carbonyl (C=O) groups is 1. The predicted molar refractivity (Wildman–Crippen MR) is 99.9 cm³/mol. The monoisotopic (exact) mass is 342 g/mol. The topological polar surface area (TPSA) is 66.6 Å². The van der Waals surface area contributed by atoms with Crippen LogP contribution < -0.4 is 4.90 Å². The highest BCUT2D eigenvalue weighted by molar-refractivity contribution is 6.30. The van der Waals surface area contributed by atoms with Crippen LogP contribution in [-0.2, 0) is 4.79 Å². The lowest BCUT2D eigenvalue weighted by Gasteiger charge is -2.15. The van der Waals surface area contributed by atoms with Gasteiger partial charge < -0.3 is 14.4 Å². The van der Waals surface area contributed by atoms with Crippen molar-refractivity contribution in [1.82, 2.24) is 4.98 Å². The molecule has 0 unspecified atom stereocenters. The highest BCUT2D eigenvalue weighted by Crippen LogP contribution is 2.35. The molecule has 2 aromatic heterocycles. The van der Waals surface area contributed by atoms with Gasteiger partial charge in [-0.05, 0) is 35.9 Å². The minimum atomic E-state index is -0.221. The molecule has 2 aromatic carbocycles. The maximum absolute atomic E-state index is 12.9. The van der Waals surface area contributed by atoms with Gasteiger partial charge in [0.25, 0.3) is 5.91 Å². The molecule has 0 saturated heterocycles. The molecule has 4 aromatic rings. The summed E-state index contributed by atoms with van der Waals surface area (Å²) in [6, 6.07) is 16.8. The standard InChI is InChI=1S/C21H14N2O3/c24-17-12-23(14-7-9-22-10-8-14)21(25)20(17)13-5-6-19-16(11-13)15-3-1-2-4-18(15)26-19/h1-11,24H,12H2. The molecule has 1 amide bonds. The molecule has 126 valence electrons. The van der Waals surface area contributed by atoms with E-state index in [0.717, 1.165) is 21.9 Å². The first-order valence-corrected chi connectivity index (χ1v) is 8.28. The van der Waals surface area contributed by atoms with Crippen molar-refractivity contribution in [2.24, 2.45) is 0 Å². The van der Waals surface area contributed by atoms with Gasteiger partial charge in [0.2, 0.25) is 0 Å². The van der Waals surface area contributed by atoms with Gasteiger partial charge in [-0.15, -0.1) is 0 Å². The third-order valence-electron chi connectivity index (χ3n) is 4.70. The zero-order chi connectivity index (χ0) is 17.7. The fraction of sp³-hybridized carbons (Fsp3) is 0.0476. The Morgan fingerprint density at radius 2 is 1.73 bits per heavy atom. The number of aliphatic hydroxyl groups excluding tert-OH is 1. The van der Waals surface area contributed by atoms with Crippen molar-refractivity contribution in [3.63, 3.8) is 0 Å². The third-order valence-corrected chi connectivity index (χ3v) is 4.70. The lowest BCUT2D eigenvalue weighted by molar-refractivity contribution is -0.112. The fourth-order valence-electron chi connectivity index (χ4n) is 3.46. The van der Waals surface area contributed by atoms with E-state index in [9.17, 15) is 9.90 Å². The maximum Gasteiger partial charge on any atom is 0.262 e. The van der Waals surface area contributed by atoms with Crippen molar-refractivity contribution in [2.75, 3.05) is 11.4 Å². The minimum absolute atomic E-state index is 0.0685. The normalized spacial score (nSPS) is 14.8. The van der Waals surface area contributed by atoms with Crippen LogP contribution in [0.2, 0.25) is 0 Å². The Morgan fingerprint density at radius 3 is 2.58 bits per heavy atom. The van der Waals surface area contributed by atoms with Crippen LogP contribution in [0.25, 0.3) is 27.5 Å². The number of rotatable bonds is 2. The molecule has 0 radical (unpaired) electrons. The summed E-state index contributed by atoms with van der Waals surface area (Å²) in [5.74, 6) is -0.153. The smallest absolute Gasteiger partial charge is 0.262 e. The molecule has 0 atom stereocenters. The first kappa shape index (κ1) is 14.7. The second-order valence-electron chi connectivity index (χ2n) is 6.23. The molecule has 1 aliphatic rings. The molecule has 0 fully saturated rings. The maximum atomic E-state index is 12.9. The summed E-state index contributed by atoms with van der Waals surface area (Å²) >= 11 is 0. The zero-order valence-electron chi connectivity index (χ0n) is 13.7. The zero-order valence-corrected chi connectivity index (χ0v) is 13.7. The van der Waals surface area contributed by atoms with Crippen LogP contribution in [0.5, 0.6) is 0 Å². The molecule has 1 N–H and O–H groups in total. The Labute approximate surface area is 148 Å². The molecule has 0 bridgehead atoms. The van der Waals surface area contributed by atoms with Gasteiger partial charge in [0.1, 0.15) is 16.9 Å². The summed E-state index contributed by atoms with van der Waals surface area (Å²) in [6.07, 6.45) is 3.25. The average molecular weight is 342 g/mol. The predicted octanol–water partition coefficient (Wildman–Crippen LogP) is 4.30. The lowest BCUT2D eigenvalue weighted by Crippen LogP contribution is -2.26. The Balaban J connectivity index is 1.62. The van der Waals surface area contributed by atoms with Gasteiger partial charge >= 0.3 is 0 Å². The number of aliphatic hydroxyl groups is 1. The second kappa shape index (κ2) is 5.46. The molecule has 26 heavy (non-hydrogen) atoms. The number of para-hydroxylation sites is 1. The Kier molecular flexibility index (Phi) is 3.09. The molecule has 0 spiro atoms. The number of benzene rings is 2. The van der Waals surface area contributed by atoms with Gasteiger partial charge in [0, 0.05) is 28.9 Å². The summed E-state index contributed by atoms with van der Waals surface area (Å²) in [5, 5.41) is 12.4. The molecule has 0 saturated carbocycles. The number of hydrogen-bond acceptors (Lipinski definition) is 4. The highest BCUT2D eigenvalue weighted by atomic mass is 16.3. The Hall–Kier alpha value is -3.60. The van der Waals surface area contributed by atoms with Crippen LogP contribution in [0.3, 0.4) is 0 Å². The molecule has 3 heterocycles. The number of furan rings is 1. The lowest BCUT2D eigenvalue weighted by atomic mass is 10.0. The summed E-state index contributed by atoms with van der Waals surface area (Å²) < 4.78 is 5.83. The first-order chi connectivity index (χ1) is 12.7. The van der Waals surface area contributed by atoms with E-state index in [0.29, 0.717) is 16.8 Å². The van der Waals surface area contributed by atoms with E-state index in [2.05, 4.69) is 4.98 Å². The SMILES string of the molecule is O=C1C(c2ccc3oc4ccccc4c3c2)=C(O)CN1c1ccncc1. The van der Waals surface area contributed by atoms with Crippen molar-refractivity contribution in [3.8, 4) is 0 Å². The van der Waals surface area contributed by atoms with E-state index < -0.39 is 0 Å². The van der Waals surface area contributed by atoms with Gasteiger partial charge in [-0.2, -0.15) is 0 Å². The summed E-state index contributed by atoms with van der Waals surface area (Å²) in [7, 11) is 0. The first-order valence-electron chi connectivity index (χ1n) is 8.28. The van der Waals surface area contributed by atoms with Crippen molar-refractivity contribution >= 4 is 39.1 Å². The molecular weight excluding hydrogens is 328 g/mol. The molecule has 0 aliphatic carbocycles. The van der Waals surface area contributed by atoms with Gasteiger partial charge in [-0.3, -0.25) is 9.78 Å². The van der Waals surface area contributed by atoms with Crippen molar-refractivity contribution in [1.29, 1.82) is 0 Å². The van der Waals surface area contributed by atoms with Gasteiger partial charge in [0.05, 0.1) is 12.1 Å². The minimum Gasteiger partial charge on any atom is -0.510 e. The van der Waals surface area contributed by atoms with E-state index in [1.54, 1.807) is 29.4 Å². The molecule has 5 nitrogen and oxygen atoms in total. The molecule has 1 aliphatic heterocycles. The largest absolute Gasteiger partial charge is 0.510 e. The van der Waals surface area contributed by atoms with Crippen LogP contribution in [0.15, 0.2) is 77.2 Å². The van der Waals surface area contributed by atoms with Crippen molar-refractivity contribution in [3.05, 3.63) is 78.3 Å². The Bertz CT molecular complexity index is 1190. The van der Waals surface area contributed by atoms with E-state index in [1.807, 2.05) is 42.5 Å². The Morgan fingerprint density at radius 1 is 0.962 bits per heavy atom. The van der Waals surface area contributed by atoms with Crippen molar-refractivity contribution in [2.45, 2.75) is 0 Å². The van der Waals surface area contributed by atoms with Crippen LogP contribution >= 0.6 is 0 Å². The fourth-order valence-corrected chi connectivity index (χ4v) is 3.46. The van der Waals surface area contributed by atoms with Crippen LogP contribution in [-0.4, -0.2) is 22.5 Å². The van der Waals surface area contributed by atoms with E-state index in [1.165, 1.54) is 0 Å². The number of nitrogens with zero attached hydrogens (tertiary/aromatic N) is 2. The number of aromatic nitrogens is 1. The average Bonchev–Trinajstić information content (AvgIpc) is 3.19. The number of carbonyl (C=O) groups excluding carboxylic acids is 1. The van der Waals surface area contributed by atoms with E-state index >= 15 is 0 Å². The number of anilines is 1. The van der Waals surface area contributed by atoms with Crippen LogP contribution in [0.4, 0.5) is 5.69 Å². The summed E-state index contributed by atoms with van der Waals surface area (Å²) in [6.45, 7) is 0.155. The van der Waals surface area contributed by atoms with Crippen LogP contribution in [0, 0.1) is 0 Å². The number of pyridine rings is 1. The molecular formula is C21H14N2O3. The second-order valence-corrected chi connectivity index (χ2v) is 6.23. The number of amides is 1. The van der Waals surface area contributed by atoms with E-state index in [-0.39, 0.29) is 18.2 Å². The third kappa shape index (κ3) is 2.10. The van der Waals surface area contributed by atoms with Crippen molar-refractivity contribution < 1.29 is 14.3 Å². The highest BCUT2D eigenvalue weighted by Gasteiger charge is 2.32. The van der Waals surface area contributed by atoms with Gasteiger partial charge in [-0.1, -0.05) is 24.3 Å². The van der Waals surface area contributed by atoms with E-state index in [4.69, 9.17) is 4.42 Å². The quantitative estimate of drug-likeness (QED) is 0.590. The molecule has 5 heteroatoms.